The standard InChI is InChI=1S/C26H34N4O6/c1-26(2,3)36-25(34)29-12-13-35-20(17-29)10-11-28-22(31)19-14-21(23(32)27-4)24(33)30(16-19)15-18-8-6-5-7-9-18/h5-9,14,16,20H,10-13,15,17H2,1-4H3,(H,27,32)(H,28,31). The highest BCUT2D eigenvalue weighted by molar-refractivity contribution is 5.99. The highest BCUT2D eigenvalue weighted by atomic mass is 16.6. The second kappa shape index (κ2) is 11.9. The number of benzene rings is 1. The first kappa shape index (κ1) is 26.9. The summed E-state index contributed by atoms with van der Waals surface area (Å²) in [5.74, 6) is -0.976. The second-order valence-electron chi connectivity index (χ2n) is 9.60. The molecule has 2 heterocycles. The van der Waals surface area contributed by atoms with Gasteiger partial charge in [0.2, 0.25) is 0 Å². The van der Waals surface area contributed by atoms with Crippen molar-refractivity contribution in [2.24, 2.45) is 0 Å². The molecule has 1 aromatic heterocycles. The van der Waals surface area contributed by atoms with E-state index in [1.165, 1.54) is 23.9 Å². The van der Waals surface area contributed by atoms with E-state index in [1.807, 2.05) is 51.1 Å². The molecular formula is C26H34N4O6. The van der Waals surface area contributed by atoms with Crippen molar-refractivity contribution in [2.45, 2.75) is 45.4 Å². The number of amides is 3. The molecule has 1 unspecified atom stereocenters. The fraction of sp³-hybridized carbons (Fsp3) is 0.462. The monoisotopic (exact) mass is 498 g/mol. The van der Waals surface area contributed by atoms with Crippen LogP contribution in [0.5, 0.6) is 0 Å². The van der Waals surface area contributed by atoms with Crippen LogP contribution in [0.1, 0.15) is 53.5 Å². The van der Waals surface area contributed by atoms with Crippen molar-refractivity contribution in [3.05, 3.63) is 69.6 Å². The largest absolute Gasteiger partial charge is 0.444 e. The van der Waals surface area contributed by atoms with Crippen LogP contribution in [0.4, 0.5) is 4.79 Å². The van der Waals surface area contributed by atoms with Gasteiger partial charge in [0.25, 0.3) is 17.4 Å². The molecule has 1 aromatic carbocycles. The second-order valence-corrected chi connectivity index (χ2v) is 9.60. The molecule has 194 valence electrons. The zero-order valence-corrected chi connectivity index (χ0v) is 21.2. The van der Waals surface area contributed by atoms with Gasteiger partial charge >= 0.3 is 6.09 Å². The van der Waals surface area contributed by atoms with Crippen LogP contribution in [0.3, 0.4) is 0 Å². The Labute approximate surface area is 210 Å². The molecule has 0 radical (unpaired) electrons. The molecule has 0 saturated carbocycles. The minimum atomic E-state index is -0.580. The Kier molecular flexibility index (Phi) is 8.87. The average molecular weight is 499 g/mol. The van der Waals surface area contributed by atoms with Crippen molar-refractivity contribution in [2.75, 3.05) is 33.3 Å². The number of hydrogen-bond acceptors (Lipinski definition) is 6. The van der Waals surface area contributed by atoms with E-state index >= 15 is 0 Å². The molecule has 10 heteroatoms. The summed E-state index contributed by atoms with van der Waals surface area (Å²) in [5.41, 5.74) is -0.103. The number of rotatable bonds is 7. The van der Waals surface area contributed by atoms with Crippen LogP contribution < -0.4 is 16.2 Å². The van der Waals surface area contributed by atoms with E-state index in [4.69, 9.17) is 9.47 Å². The summed E-state index contributed by atoms with van der Waals surface area (Å²) in [7, 11) is 1.43. The number of aromatic nitrogens is 1. The van der Waals surface area contributed by atoms with Crippen molar-refractivity contribution in [1.29, 1.82) is 0 Å². The molecule has 0 spiro atoms. The van der Waals surface area contributed by atoms with E-state index in [2.05, 4.69) is 10.6 Å². The molecule has 2 N–H and O–H groups in total. The molecule has 0 bridgehead atoms. The van der Waals surface area contributed by atoms with E-state index in [9.17, 15) is 19.2 Å². The lowest BCUT2D eigenvalue weighted by atomic mass is 10.1. The van der Waals surface area contributed by atoms with Crippen LogP contribution in [-0.4, -0.2) is 72.4 Å². The van der Waals surface area contributed by atoms with E-state index in [0.717, 1.165) is 5.56 Å². The zero-order valence-electron chi connectivity index (χ0n) is 21.2. The summed E-state index contributed by atoms with van der Waals surface area (Å²) < 4.78 is 12.5. The van der Waals surface area contributed by atoms with Gasteiger partial charge in [-0.15, -0.1) is 0 Å². The van der Waals surface area contributed by atoms with Gasteiger partial charge in [-0.3, -0.25) is 14.4 Å². The lowest BCUT2D eigenvalue weighted by molar-refractivity contribution is -0.0440. The van der Waals surface area contributed by atoms with Crippen LogP contribution in [-0.2, 0) is 16.0 Å². The quantitative estimate of drug-likeness (QED) is 0.603. The minimum Gasteiger partial charge on any atom is -0.444 e. The van der Waals surface area contributed by atoms with Crippen molar-refractivity contribution >= 4 is 17.9 Å². The average Bonchev–Trinajstić information content (AvgIpc) is 2.84. The van der Waals surface area contributed by atoms with Gasteiger partial charge < -0.3 is 29.6 Å². The Hall–Kier alpha value is -3.66. The van der Waals surface area contributed by atoms with Gasteiger partial charge in [-0.1, -0.05) is 30.3 Å². The number of nitrogens with zero attached hydrogens (tertiary/aromatic N) is 2. The smallest absolute Gasteiger partial charge is 0.410 e. The molecule has 2 aromatic rings. The summed E-state index contributed by atoms with van der Waals surface area (Å²) in [6, 6.07) is 10.6. The van der Waals surface area contributed by atoms with E-state index in [0.29, 0.717) is 32.7 Å². The number of morpholine rings is 1. The van der Waals surface area contributed by atoms with Crippen molar-refractivity contribution in [3.63, 3.8) is 0 Å². The number of carbonyl (C=O) groups excluding carboxylic acids is 3. The van der Waals surface area contributed by atoms with E-state index < -0.39 is 23.0 Å². The Morgan fingerprint density at radius 1 is 1.14 bits per heavy atom. The third-order valence-electron chi connectivity index (χ3n) is 5.56. The molecule has 10 nitrogen and oxygen atoms in total. The summed E-state index contributed by atoms with van der Waals surface area (Å²) in [6.45, 7) is 7.17. The molecule has 1 aliphatic heterocycles. The predicted molar refractivity (Wildman–Crippen MR) is 134 cm³/mol. The van der Waals surface area contributed by atoms with Crippen molar-refractivity contribution in [3.8, 4) is 0 Å². The van der Waals surface area contributed by atoms with Gasteiger partial charge in [-0.25, -0.2) is 4.79 Å². The van der Waals surface area contributed by atoms with Crippen LogP contribution in [0.15, 0.2) is 47.4 Å². The van der Waals surface area contributed by atoms with Gasteiger partial charge in [0.05, 0.1) is 31.4 Å². The molecule has 36 heavy (non-hydrogen) atoms. The highest BCUT2D eigenvalue weighted by Crippen LogP contribution is 2.14. The van der Waals surface area contributed by atoms with Crippen molar-refractivity contribution < 1.29 is 23.9 Å². The molecule has 1 atom stereocenters. The van der Waals surface area contributed by atoms with Gasteiger partial charge in [0, 0.05) is 26.3 Å². The number of carbonyl (C=O) groups is 3. The van der Waals surface area contributed by atoms with E-state index in [1.54, 1.807) is 4.90 Å². The van der Waals surface area contributed by atoms with E-state index in [-0.39, 0.29) is 29.9 Å². The Morgan fingerprint density at radius 3 is 2.53 bits per heavy atom. The fourth-order valence-electron chi connectivity index (χ4n) is 3.79. The van der Waals surface area contributed by atoms with Gasteiger partial charge in [-0.05, 0) is 38.8 Å². The Morgan fingerprint density at radius 2 is 1.86 bits per heavy atom. The summed E-state index contributed by atoms with van der Waals surface area (Å²) >= 11 is 0. The Bertz CT molecular complexity index is 1140. The zero-order chi connectivity index (χ0) is 26.3. The van der Waals surface area contributed by atoms with Gasteiger partial charge in [-0.2, -0.15) is 0 Å². The molecule has 3 amide bonds. The maximum atomic E-state index is 12.9. The topological polar surface area (TPSA) is 119 Å². The van der Waals surface area contributed by atoms with Crippen LogP contribution >= 0.6 is 0 Å². The van der Waals surface area contributed by atoms with Crippen LogP contribution in [0, 0.1) is 0 Å². The molecule has 1 saturated heterocycles. The molecular weight excluding hydrogens is 464 g/mol. The third-order valence-corrected chi connectivity index (χ3v) is 5.56. The summed E-state index contributed by atoms with van der Waals surface area (Å²) in [5, 5.41) is 5.27. The number of nitrogens with one attached hydrogen (secondary N) is 2. The third kappa shape index (κ3) is 7.42. The highest BCUT2D eigenvalue weighted by Gasteiger charge is 2.28. The maximum Gasteiger partial charge on any atom is 0.410 e. The minimum absolute atomic E-state index is 0.107. The maximum absolute atomic E-state index is 12.9. The van der Waals surface area contributed by atoms with Gasteiger partial charge in [0.15, 0.2) is 0 Å². The first-order valence-corrected chi connectivity index (χ1v) is 12.0. The number of pyridine rings is 1. The lowest BCUT2D eigenvalue weighted by Gasteiger charge is -2.34. The number of hydrogen-bond donors (Lipinski definition) is 2. The first-order chi connectivity index (χ1) is 17.1. The Balaban J connectivity index is 1.65. The molecule has 1 aliphatic rings. The lowest BCUT2D eigenvalue weighted by Crippen LogP contribution is -2.48. The molecule has 0 aliphatic carbocycles. The summed E-state index contributed by atoms with van der Waals surface area (Å²) in [6.07, 6.45) is 1.30. The van der Waals surface area contributed by atoms with Gasteiger partial charge in [0.1, 0.15) is 11.2 Å². The fourth-order valence-corrected chi connectivity index (χ4v) is 3.79. The van der Waals surface area contributed by atoms with Crippen molar-refractivity contribution in [1.82, 2.24) is 20.1 Å². The number of ether oxygens (including phenoxy) is 2. The normalized spacial score (nSPS) is 15.8. The van der Waals surface area contributed by atoms with Crippen LogP contribution in [0.25, 0.3) is 0 Å². The predicted octanol–water partition coefficient (Wildman–Crippen LogP) is 2.01. The van der Waals surface area contributed by atoms with Crippen LogP contribution in [0.2, 0.25) is 0 Å². The summed E-state index contributed by atoms with van der Waals surface area (Å²) in [4.78, 5) is 52.0. The molecule has 3 rings (SSSR count). The first-order valence-electron chi connectivity index (χ1n) is 12.0. The molecule has 1 fully saturated rings. The SMILES string of the molecule is CNC(=O)c1cc(C(=O)NCCC2CN(C(=O)OC(C)(C)C)CCO2)cn(Cc2ccccc2)c1=O.